The Morgan fingerprint density at radius 1 is 1.15 bits per heavy atom. The van der Waals surface area contributed by atoms with E-state index >= 15 is 0 Å². The zero-order chi connectivity index (χ0) is 18.5. The van der Waals surface area contributed by atoms with Crippen molar-refractivity contribution in [2.75, 3.05) is 0 Å². The average Bonchev–Trinajstić information content (AvgIpc) is 2.95. The van der Waals surface area contributed by atoms with Crippen LogP contribution in [0.4, 0.5) is 8.78 Å². The van der Waals surface area contributed by atoms with Crippen molar-refractivity contribution in [3.8, 4) is 0 Å². The van der Waals surface area contributed by atoms with Crippen LogP contribution in [0.3, 0.4) is 0 Å². The van der Waals surface area contributed by atoms with Gasteiger partial charge in [0.2, 0.25) is 5.56 Å². The molecule has 0 amide bonds. The second-order valence-corrected chi connectivity index (χ2v) is 7.12. The number of H-pyrrole nitrogens is 1. The highest BCUT2D eigenvalue weighted by molar-refractivity contribution is 5.83. The second-order valence-electron chi connectivity index (χ2n) is 7.12. The van der Waals surface area contributed by atoms with E-state index < -0.39 is 17.2 Å². The highest BCUT2D eigenvalue weighted by Gasteiger charge is 2.26. The van der Waals surface area contributed by atoms with Crippen molar-refractivity contribution < 1.29 is 8.78 Å². The number of nitrogens with one attached hydrogen (secondary N) is 1. The number of fused-ring (bicyclic) bond motifs is 2. The summed E-state index contributed by atoms with van der Waals surface area (Å²) in [5.41, 5.74) is 2.00. The maximum absolute atomic E-state index is 14.2. The smallest absolute Gasteiger partial charge is 0.248 e. The second kappa shape index (κ2) is 6.01. The summed E-state index contributed by atoms with van der Waals surface area (Å²) in [6.45, 7) is 0.387. The van der Waals surface area contributed by atoms with Gasteiger partial charge in [-0.3, -0.25) is 4.79 Å². The summed E-state index contributed by atoms with van der Waals surface area (Å²) in [4.78, 5) is 19.3. The lowest BCUT2D eigenvalue weighted by molar-refractivity contribution is 0.392. The molecule has 27 heavy (non-hydrogen) atoms. The van der Waals surface area contributed by atoms with Crippen molar-refractivity contribution >= 4 is 21.9 Å². The van der Waals surface area contributed by atoms with Crippen molar-refractivity contribution in [3.05, 3.63) is 75.8 Å². The number of benzene rings is 2. The third-order valence-corrected chi connectivity index (χ3v) is 5.48. The Kier molecular flexibility index (Phi) is 3.60. The van der Waals surface area contributed by atoms with Crippen LogP contribution in [0, 0.1) is 11.6 Å². The molecule has 2 aromatic carbocycles. The molecule has 4 aromatic rings. The number of pyridine rings is 1. The number of imidazole rings is 1. The monoisotopic (exact) mass is 365 g/mol. The van der Waals surface area contributed by atoms with Gasteiger partial charge in [-0.15, -0.1) is 0 Å². The van der Waals surface area contributed by atoms with Crippen LogP contribution >= 0.6 is 0 Å². The number of aromatic nitrogens is 3. The fourth-order valence-corrected chi connectivity index (χ4v) is 3.88. The van der Waals surface area contributed by atoms with E-state index in [0.29, 0.717) is 23.4 Å². The van der Waals surface area contributed by atoms with E-state index in [1.54, 1.807) is 0 Å². The molecule has 0 radical (unpaired) electrons. The van der Waals surface area contributed by atoms with E-state index in [-0.39, 0.29) is 5.52 Å². The van der Waals surface area contributed by atoms with Gasteiger partial charge >= 0.3 is 0 Å². The van der Waals surface area contributed by atoms with E-state index in [4.69, 9.17) is 4.98 Å². The molecule has 1 aliphatic carbocycles. The molecule has 136 valence electrons. The van der Waals surface area contributed by atoms with E-state index in [9.17, 15) is 13.6 Å². The Morgan fingerprint density at radius 3 is 2.74 bits per heavy atom. The van der Waals surface area contributed by atoms with Gasteiger partial charge in [0.25, 0.3) is 0 Å². The molecule has 1 fully saturated rings. The summed E-state index contributed by atoms with van der Waals surface area (Å²) in [5.74, 6) is -0.599. The molecule has 2 heterocycles. The zero-order valence-electron chi connectivity index (χ0n) is 14.5. The normalized spacial score (nSPS) is 14.7. The van der Waals surface area contributed by atoms with Crippen LogP contribution < -0.4 is 5.56 Å². The van der Waals surface area contributed by atoms with E-state index in [0.717, 1.165) is 35.8 Å². The molecular weight excluding hydrogens is 348 g/mol. The van der Waals surface area contributed by atoms with Crippen molar-refractivity contribution in [1.82, 2.24) is 14.5 Å². The van der Waals surface area contributed by atoms with Crippen LogP contribution in [0.15, 0.2) is 47.3 Å². The first kappa shape index (κ1) is 16.2. The van der Waals surface area contributed by atoms with Gasteiger partial charge in [0.1, 0.15) is 5.82 Å². The van der Waals surface area contributed by atoms with Gasteiger partial charge in [0, 0.05) is 17.4 Å². The molecule has 1 saturated carbocycles. The SMILES string of the molecule is O=c1cc(Cn2c(C3CCC3)nc3ccccc32)c2ccc(F)c(F)c2[nH]1. The van der Waals surface area contributed by atoms with Crippen molar-refractivity contribution in [1.29, 1.82) is 0 Å². The Hall–Kier alpha value is -3.02. The number of rotatable bonds is 3. The van der Waals surface area contributed by atoms with Crippen LogP contribution in [0.5, 0.6) is 0 Å². The highest BCUT2D eigenvalue weighted by Crippen LogP contribution is 2.37. The Labute approximate surface area is 153 Å². The summed E-state index contributed by atoms with van der Waals surface area (Å²) in [5, 5.41) is 0.505. The number of hydrogen-bond donors (Lipinski definition) is 1. The van der Waals surface area contributed by atoms with E-state index in [1.165, 1.54) is 18.6 Å². The molecule has 2 aromatic heterocycles. The van der Waals surface area contributed by atoms with Crippen molar-refractivity contribution in [2.45, 2.75) is 31.7 Å². The maximum atomic E-state index is 14.2. The summed E-state index contributed by atoms with van der Waals surface area (Å²) in [7, 11) is 0. The van der Waals surface area contributed by atoms with Crippen molar-refractivity contribution in [3.63, 3.8) is 0 Å². The third kappa shape index (κ3) is 2.55. The molecule has 1 N–H and O–H groups in total. The fourth-order valence-electron chi connectivity index (χ4n) is 3.88. The maximum Gasteiger partial charge on any atom is 0.248 e. The van der Waals surface area contributed by atoms with Crippen LogP contribution in [-0.2, 0) is 6.54 Å². The molecule has 0 atom stereocenters. The molecule has 0 aliphatic heterocycles. The van der Waals surface area contributed by atoms with Gasteiger partial charge in [-0.1, -0.05) is 18.6 Å². The molecule has 0 spiro atoms. The van der Waals surface area contributed by atoms with E-state index in [2.05, 4.69) is 9.55 Å². The quantitative estimate of drug-likeness (QED) is 0.582. The van der Waals surface area contributed by atoms with Gasteiger partial charge in [-0.05, 0) is 42.7 Å². The summed E-state index contributed by atoms with van der Waals surface area (Å²) < 4.78 is 29.9. The number of halogens is 2. The molecule has 6 heteroatoms. The molecular formula is C21H17F2N3O. The van der Waals surface area contributed by atoms with Crippen LogP contribution in [0.2, 0.25) is 0 Å². The van der Waals surface area contributed by atoms with Gasteiger partial charge < -0.3 is 9.55 Å². The predicted octanol–water partition coefficient (Wildman–Crippen LogP) is 4.47. The summed E-state index contributed by atoms with van der Waals surface area (Å²) in [6, 6.07) is 11.9. The third-order valence-electron chi connectivity index (χ3n) is 5.48. The largest absolute Gasteiger partial charge is 0.323 e. The molecule has 0 saturated heterocycles. The number of nitrogens with zero attached hydrogens (tertiary/aromatic N) is 2. The number of hydrogen-bond acceptors (Lipinski definition) is 2. The Balaban J connectivity index is 1.72. The van der Waals surface area contributed by atoms with E-state index in [1.807, 2.05) is 24.3 Å². The molecule has 1 aliphatic rings. The topological polar surface area (TPSA) is 50.7 Å². The Morgan fingerprint density at radius 2 is 1.96 bits per heavy atom. The first-order valence-electron chi connectivity index (χ1n) is 9.07. The Bertz CT molecular complexity index is 1240. The first-order valence-corrected chi connectivity index (χ1v) is 9.07. The minimum atomic E-state index is -1.03. The first-order chi connectivity index (χ1) is 13.1. The molecule has 5 rings (SSSR count). The lowest BCUT2D eigenvalue weighted by Gasteiger charge is -2.26. The molecule has 0 bridgehead atoms. The molecule has 4 nitrogen and oxygen atoms in total. The summed E-state index contributed by atoms with van der Waals surface area (Å²) in [6.07, 6.45) is 3.38. The number of para-hydroxylation sites is 2. The highest BCUT2D eigenvalue weighted by atomic mass is 19.2. The standard InChI is InChI=1S/C21H17F2N3O/c22-15-9-8-14-13(10-18(27)25-20(14)19(15)23)11-26-17-7-2-1-6-16(17)24-21(26)12-4-3-5-12/h1-2,6-10,12H,3-5,11H2,(H,25,27). The van der Waals surface area contributed by atoms with Crippen LogP contribution in [0.25, 0.3) is 21.9 Å². The minimum absolute atomic E-state index is 0.0906. The number of aromatic amines is 1. The van der Waals surface area contributed by atoms with Crippen LogP contribution in [0.1, 0.15) is 36.6 Å². The van der Waals surface area contributed by atoms with Gasteiger partial charge in [0.15, 0.2) is 11.6 Å². The minimum Gasteiger partial charge on any atom is -0.323 e. The van der Waals surface area contributed by atoms with Gasteiger partial charge in [-0.2, -0.15) is 0 Å². The van der Waals surface area contributed by atoms with Gasteiger partial charge in [0.05, 0.1) is 23.1 Å². The lowest BCUT2D eigenvalue weighted by Crippen LogP contribution is -2.17. The average molecular weight is 365 g/mol. The van der Waals surface area contributed by atoms with Crippen LogP contribution in [-0.4, -0.2) is 14.5 Å². The predicted molar refractivity (Wildman–Crippen MR) is 99.9 cm³/mol. The van der Waals surface area contributed by atoms with Crippen molar-refractivity contribution in [2.24, 2.45) is 0 Å². The molecule has 0 unspecified atom stereocenters. The summed E-state index contributed by atoms with van der Waals surface area (Å²) >= 11 is 0. The lowest BCUT2D eigenvalue weighted by atomic mass is 9.85. The van der Waals surface area contributed by atoms with Gasteiger partial charge in [-0.25, -0.2) is 13.8 Å². The fraction of sp³-hybridized carbons (Fsp3) is 0.238. The zero-order valence-corrected chi connectivity index (χ0v) is 14.5.